The highest BCUT2D eigenvalue weighted by Crippen LogP contribution is 2.20. The third kappa shape index (κ3) is 5.44. The predicted octanol–water partition coefficient (Wildman–Crippen LogP) is 2.90. The van der Waals surface area contributed by atoms with Crippen LogP contribution in [0.25, 0.3) is 6.08 Å². The lowest BCUT2D eigenvalue weighted by molar-refractivity contribution is -0.116. The topological polar surface area (TPSA) is 74.3 Å². The van der Waals surface area contributed by atoms with Gasteiger partial charge in [0.05, 0.1) is 0 Å². The number of pyridine rings is 1. The van der Waals surface area contributed by atoms with Crippen molar-refractivity contribution in [3.8, 4) is 0 Å². The van der Waals surface area contributed by atoms with Crippen LogP contribution in [0.3, 0.4) is 0 Å². The molecule has 1 aromatic carbocycles. The Bertz CT molecular complexity index is 897. The van der Waals surface area contributed by atoms with Crippen molar-refractivity contribution in [2.75, 3.05) is 18.0 Å². The number of rotatable bonds is 7. The number of carbonyl (C=O) groups is 2. The first kappa shape index (κ1) is 19.2. The summed E-state index contributed by atoms with van der Waals surface area (Å²) in [5, 5.41) is 5.87. The predicted molar refractivity (Wildman–Crippen MR) is 113 cm³/mol. The number of aromatic nitrogens is 1. The molecule has 4 rings (SSSR count). The van der Waals surface area contributed by atoms with E-state index in [0.29, 0.717) is 18.2 Å². The van der Waals surface area contributed by atoms with Gasteiger partial charge in [-0.3, -0.25) is 9.59 Å². The van der Waals surface area contributed by atoms with Crippen molar-refractivity contribution in [1.82, 2.24) is 15.6 Å². The van der Waals surface area contributed by atoms with Crippen molar-refractivity contribution in [2.45, 2.75) is 38.3 Å². The number of amides is 2. The second kappa shape index (κ2) is 8.90. The molecule has 0 radical (unpaired) electrons. The van der Waals surface area contributed by atoms with Crippen LogP contribution >= 0.6 is 0 Å². The van der Waals surface area contributed by atoms with Gasteiger partial charge >= 0.3 is 0 Å². The van der Waals surface area contributed by atoms with Gasteiger partial charge in [-0.15, -0.1) is 0 Å². The highest BCUT2D eigenvalue weighted by Gasteiger charge is 2.23. The van der Waals surface area contributed by atoms with Crippen LogP contribution in [-0.2, 0) is 11.3 Å². The molecule has 2 aliphatic rings. The van der Waals surface area contributed by atoms with E-state index in [2.05, 4.69) is 20.5 Å². The van der Waals surface area contributed by atoms with Gasteiger partial charge in [-0.05, 0) is 67.2 Å². The SMILES string of the molecule is O=C(/C=C/c1ccc(C(=O)NC2CC2)cc1)NCc1ccnc(N2CCCC2)c1. The molecule has 1 aliphatic carbocycles. The molecule has 6 nitrogen and oxygen atoms in total. The van der Waals surface area contributed by atoms with Gasteiger partial charge < -0.3 is 15.5 Å². The Morgan fingerprint density at radius 3 is 2.59 bits per heavy atom. The number of hydrogen-bond acceptors (Lipinski definition) is 4. The molecule has 0 atom stereocenters. The molecule has 2 N–H and O–H groups in total. The zero-order valence-electron chi connectivity index (χ0n) is 16.4. The molecule has 0 spiro atoms. The van der Waals surface area contributed by atoms with Gasteiger partial charge in [-0.25, -0.2) is 4.98 Å². The van der Waals surface area contributed by atoms with Gasteiger partial charge in [-0.2, -0.15) is 0 Å². The zero-order valence-corrected chi connectivity index (χ0v) is 16.4. The summed E-state index contributed by atoms with van der Waals surface area (Å²) in [5.74, 6) is 0.794. The summed E-state index contributed by atoms with van der Waals surface area (Å²) in [6.45, 7) is 2.56. The summed E-state index contributed by atoms with van der Waals surface area (Å²) < 4.78 is 0. The first-order chi connectivity index (χ1) is 14.2. The molecule has 1 aromatic heterocycles. The average Bonchev–Trinajstić information content (AvgIpc) is 3.39. The Hall–Kier alpha value is -3.15. The highest BCUT2D eigenvalue weighted by atomic mass is 16.2. The molecule has 1 aliphatic heterocycles. The Morgan fingerprint density at radius 1 is 1.10 bits per heavy atom. The van der Waals surface area contributed by atoms with Crippen molar-refractivity contribution in [1.29, 1.82) is 0 Å². The van der Waals surface area contributed by atoms with Gasteiger partial charge in [0.25, 0.3) is 5.91 Å². The fourth-order valence-electron chi connectivity index (χ4n) is 3.35. The van der Waals surface area contributed by atoms with Crippen LogP contribution in [0.5, 0.6) is 0 Å². The quantitative estimate of drug-likeness (QED) is 0.713. The smallest absolute Gasteiger partial charge is 0.251 e. The summed E-state index contributed by atoms with van der Waals surface area (Å²) in [5.41, 5.74) is 2.56. The Kier molecular flexibility index (Phi) is 5.89. The zero-order chi connectivity index (χ0) is 20.1. The van der Waals surface area contributed by atoms with Gasteiger partial charge in [0.1, 0.15) is 5.82 Å². The Morgan fingerprint density at radius 2 is 1.86 bits per heavy atom. The van der Waals surface area contributed by atoms with Crippen molar-refractivity contribution in [2.24, 2.45) is 0 Å². The lowest BCUT2D eigenvalue weighted by atomic mass is 10.1. The van der Waals surface area contributed by atoms with E-state index in [1.165, 1.54) is 18.9 Å². The molecule has 0 bridgehead atoms. The number of anilines is 1. The maximum absolute atomic E-state index is 12.1. The summed E-state index contributed by atoms with van der Waals surface area (Å²) in [6.07, 6.45) is 9.62. The summed E-state index contributed by atoms with van der Waals surface area (Å²) >= 11 is 0. The molecule has 1 saturated heterocycles. The molecular formula is C23H26N4O2. The van der Waals surface area contributed by atoms with Crippen LogP contribution in [0, 0.1) is 0 Å². The molecule has 0 unspecified atom stereocenters. The number of nitrogens with zero attached hydrogens (tertiary/aromatic N) is 2. The Balaban J connectivity index is 1.27. The van der Waals surface area contributed by atoms with Gasteiger partial charge in [0.15, 0.2) is 0 Å². The number of hydrogen-bond donors (Lipinski definition) is 2. The van der Waals surface area contributed by atoms with Crippen LogP contribution in [0.4, 0.5) is 5.82 Å². The summed E-state index contributed by atoms with van der Waals surface area (Å²) in [7, 11) is 0. The minimum atomic E-state index is -0.153. The second-order valence-electron chi connectivity index (χ2n) is 7.64. The molecule has 1 saturated carbocycles. The van der Waals surface area contributed by atoms with Crippen LogP contribution in [0.15, 0.2) is 48.7 Å². The van der Waals surface area contributed by atoms with Gasteiger partial charge in [-0.1, -0.05) is 12.1 Å². The van der Waals surface area contributed by atoms with Gasteiger partial charge in [0.2, 0.25) is 5.91 Å². The summed E-state index contributed by atoms with van der Waals surface area (Å²) in [6, 6.07) is 11.6. The minimum Gasteiger partial charge on any atom is -0.357 e. The molecule has 2 aromatic rings. The summed E-state index contributed by atoms with van der Waals surface area (Å²) in [4.78, 5) is 30.9. The van der Waals surface area contributed by atoms with E-state index < -0.39 is 0 Å². The fourth-order valence-corrected chi connectivity index (χ4v) is 3.35. The number of carbonyl (C=O) groups excluding carboxylic acids is 2. The maximum atomic E-state index is 12.1. The van der Waals surface area contributed by atoms with E-state index in [1.54, 1.807) is 24.4 Å². The molecular weight excluding hydrogens is 364 g/mol. The standard InChI is InChI=1S/C23H26N4O2/c28-22(25-16-18-11-12-24-21(15-18)27-13-1-2-14-27)10-5-17-3-6-19(7-4-17)23(29)26-20-8-9-20/h3-7,10-12,15,20H,1-2,8-9,13-14,16H2,(H,25,28)(H,26,29)/b10-5+. The number of benzene rings is 1. The monoisotopic (exact) mass is 390 g/mol. The van der Waals surface area contributed by atoms with Crippen molar-refractivity contribution in [3.63, 3.8) is 0 Å². The van der Waals surface area contributed by atoms with Crippen LogP contribution < -0.4 is 15.5 Å². The molecule has 2 fully saturated rings. The van der Waals surface area contributed by atoms with Crippen molar-refractivity contribution >= 4 is 23.7 Å². The fraction of sp³-hybridized carbons (Fsp3) is 0.348. The van der Waals surface area contributed by atoms with Crippen LogP contribution in [0.1, 0.15) is 47.2 Å². The molecule has 6 heteroatoms. The van der Waals surface area contributed by atoms with Gasteiger partial charge in [0, 0.05) is 43.5 Å². The van der Waals surface area contributed by atoms with Crippen LogP contribution in [0.2, 0.25) is 0 Å². The highest BCUT2D eigenvalue weighted by molar-refractivity contribution is 5.95. The molecule has 150 valence electrons. The third-order valence-corrected chi connectivity index (χ3v) is 5.22. The molecule has 2 heterocycles. The first-order valence-electron chi connectivity index (χ1n) is 10.2. The molecule has 2 amide bonds. The Labute approximate surface area is 171 Å². The van der Waals surface area contributed by atoms with Crippen LogP contribution in [-0.4, -0.2) is 35.9 Å². The van der Waals surface area contributed by atoms with E-state index in [4.69, 9.17) is 0 Å². The maximum Gasteiger partial charge on any atom is 0.251 e. The largest absolute Gasteiger partial charge is 0.357 e. The van der Waals surface area contributed by atoms with E-state index >= 15 is 0 Å². The number of nitrogens with one attached hydrogen (secondary N) is 2. The van der Waals surface area contributed by atoms with E-state index in [0.717, 1.165) is 42.9 Å². The van der Waals surface area contributed by atoms with E-state index in [1.807, 2.05) is 24.3 Å². The van der Waals surface area contributed by atoms with E-state index in [-0.39, 0.29) is 11.8 Å². The van der Waals surface area contributed by atoms with Crippen molar-refractivity contribution in [3.05, 3.63) is 65.4 Å². The second-order valence-corrected chi connectivity index (χ2v) is 7.64. The lowest BCUT2D eigenvalue weighted by Crippen LogP contribution is -2.25. The lowest BCUT2D eigenvalue weighted by Gasteiger charge is -2.16. The average molecular weight is 390 g/mol. The third-order valence-electron chi connectivity index (χ3n) is 5.22. The first-order valence-corrected chi connectivity index (χ1v) is 10.2. The molecule has 29 heavy (non-hydrogen) atoms. The van der Waals surface area contributed by atoms with E-state index in [9.17, 15) is 9.59 Å². The minimum absolute atomic E-state index is 0.0357. The van der Waals surface area contributed by atoms with Crippen molar-refractivity contribution < 1.29 is 9.59 Å². The normalized spacial score (nSPS) is 16.2.